The third-order valence-electron chi connectivity index (χ3n) is 12.8. The van der Waals surface area contributed by atoms with E-state index in [1.54, 1.807) is 0 Å². The molecule has 0 bridgehead atoms. The van der Waals surface area contributed by atoms with E-state index in [-0.39, 0.29) is 16.4 Å². The number of aromatic nitrogens is 1. The van der Waals surface area contributed by atoms with E-state index in [1.165, 1.54) is 85.8 Å². The SMILES string of the molecule is CC12CCCCC1(C)N(c1nccc3ccccc13)c1ccc(-c3ccc4c(c3)-c3ccccc3C4(c3ccccc3)c3ccccc3)cc12. The average Bonchev–Trinajstić information content (AvgIpc) is 3.58. The molecule has 242 valence electrons. The molecule has 0 N–H and O–H groups in total. The molecule has 3 aliphatic rings. The third-order valence-corrected chi connectivity index (χ3v) is 12.8. The fourth-order valence-corrected chi connectivity index (χ4v) is 10.2. The maximum Gasteiger partial charge on any atom is 0.141 e. The van der Waals surface area contributed by atoms with Crippen molar-refractivity contribution in [3.63, 3.8) is 0 Å². The molecule has 1 aliphatic heterocycles. The highest BCUT2D eigenvalue weighted by molar-refractivity contribution is 5.96. The van der Waals surface area contributed by atoms with Crippen molar-refractivity contribution in [3.8, 4) is 22.3 Å². The lowest BCUT2D eigenvalue weighted by atomic mass is 9.61. The van der Waals surface area contributed by atoms with Gasteiger partial charge in [0.25, 0.3) is 0 Å². The van der Waals surface area contributed by atoms with Crippen LogP contribution in [0.5, 0.6) is 0 Å². The van der Waals surface area contributed by atoms with Crippen LogP contribution < -0.4 is 4.90 Å². The molecule has 50 heavy (non-hydrogen) atoms. The van der Waals surface area contributed by atoms with E-state index >= 15 is 0 Å². The maximum atomic E-state index is 5.09. The number of fused-ring (bicyclic) bond motifs is 7. The zero-order valence-corrected chi connectivity index (χ0v) is 28.7. The fraction of sp³-hybridized carbons (Fsp3) is 0.188. The van der Waals surface area contributed by atoms with Crippen LogP contribution in [-0.2, 0) is 10.8 Å². The van der Waals surface area contributed by atoms with Crippen molar-refractivity contribution >= 4 is 22.3 Å². The molecule has 0 spiro atoms. The summed E-state index contributed by atoms with van der Waals surface area (Å²) in [6.45, 7) is 5.02. The minimum absolute atomic E-state index is 0.00825. The van der Waals surface area contributed by atoms with Crippen LogP contribution in [0.3, 0.4) is 0 Å². The Morgan fingerprint density at radius 3 is 1.98 bits per heavy atom. The predicted octanol–water partition coefficient (Wildman–Crippen LogP) is 12.0. The van der Waals surface area contributed by atoms with Gasteiger partial charge in [-0.2, -0.15) is 0 Å². The molecular weight excluding hydrogens is 605 g/mol. The molecule has 2 atom stereocenters. The molecule has 6 aromatic carbocycles. The summed E-state index contributed by atoms with van der Waals surface area (Å²) in [6.07, 6.45) is 6.80. The lowest BCUT2D eigenvalue weighted by molar-refractivity contribution is 0.194. The van der Waals surface area contributed by atoms with Crippen LogP contribution in [0.25, 0.3) is 33.0 Å². The zero-order chi connectivity index (χ0) is 33.5. The summed E-state index contributed by atoms with van der Waals surface area (Å²) in [5, 5.41) is 2.46. The zero-order valence-electron chi connectivity index (χ0n) is 28.7. The van der Waals surface area contributed by atoms with Crippen molar-refractivity contribution < 1.29 is 0 Å². The largest absolute Gasteiger partial charge is 0.319 e. The summed E-state index contributed by atoms with van der Waals surface area (Å²) in [4.78, 5) is 7.70. The van der Waals surface area contributed by atoms with Gasteiger partial charge in [0.1, 0.15) is 5.82 Å². The Hall–Kier alpha value is -5.47. The van der Waals surface area contributed by atoms with Crippen molar-refractivity contribution in [3.05, 3.63) is 186 Å². The first-order valence-electron chi connectivity index (χ1n) is 18.2. The van der Waals surface area contributed by atoms with Gasteiger partial charge in [0.05, 0.1) is 11.0 Å². The van der Waals surface area contributed by atoms with Gasteiger partial charge in [-0.15, -0.1) is 0 Å². The highest BCUT2D eigenvalue weighted by Crippen LogP contribution is 2.62. The van der Waals surface area contributed by atoms with Crippen molar-refractivity contribution in [2.24, 2.45) is 0 Å². The molecule has 2 unspecified atom stereocenters. The van der Waals surface area contributed by atoms with Crippen molar-refractivity contribution in [1.82, 2.24) is 4.98 Å². The van der Waals surface area contributed by atoms with Crippen LogP contribution in [-0.4, -0.2) is 10.5 Å². The molecule has 0 amide bonds. The maximum absolute atomic E-state index is 5.09. The lowest BCUT2D eigenvalue weighted by Gasteiger charge is -2.50. The molecule has 2 aliphatic carbocycles. The summed E-state index contributed by atoms with van der Waals surface area (Å²) in [5.41, 5.74) is 12.8. The Morgan fingerprint density at radius 1 is 0.540 bits per heavy atom. The smallest absolute Gasteiger partial charge is 0.141 e. The first-order chi connectivity index (χ1) is 24.5. The van der Waals surface area contributed by atoms with E-state index in [9.17, 15) is 0 Å². The molecular formula is C48H40N2. The Balaban J connectivity index is 1.17. The molecule has 10 rings (SSSR count). The molecule has 2 heterocycles. The van der Waals surface area contributed by atoms with E-state index in [2.05, 4.69) is 170 Å². The van der Waals surface area contributed by atoms with Crippen molar-refractivity contribution in [2.45, 2.75) is 55.9 Å². The molecule has 1 aromatic heterocycles. The fourth-order valence-electron chi connectivity index (χ4n) is 10.2. The van der Waals surface area contributed by atoms with Gasteiger partial charge < -0.3 is 4.90 Å². The monoisotopic (exact) mass is 644 g/mol. The predicted molar refractivity (Wildman–Crippen MR) is 207 cm³/mol. The Bertz CT molecular complexity index is 2380. The number of pyridine rings is 1. The topological polar surface area (TPSA) is 16.1 Å². The molecule has 2 nitrogen and oxygen atoms in total. The molecule has 2 heteroatoms. The van der Waals surface area contributed by atoms with Gasteiger partial charge in [0.15, 0.2) is 0 Å². The molecule has 7 aromatic rings. The van der Waals surface area contributed by atoms with Gasteiger partial charge in [-0.3, -0.25) is 0 Å². The second-order valence-electron chi connectivity index (χ2n) is 15.0. The summed E-state index contributed by atoms with van der Waals surface area (Å²) >= 11 is 0. The summed E-state index contributed by atoms with van der Waals surface area (Å²) < 4.78 is 0. The molecule has 0 radical (unpaired) electrons. The first kappa shape index (κ1) is 29.4. The first-order valence-corrected chi connectivity index (χ1v) is 18.2. The second-order valence-corrected chi connectivity index (χ2v) is 15.0. The summed E-state index contributed by atoms with van der Waals surface area (Å²) in [5.74, 6) is 1.08. The highest BCUT2D eigenvalue weighted by Gasteiger charge is 2.58. The van der Waals surface area contributed by atoms with E-state index in [4.69, 9.17) is 4.98 Å². The van der Waals surface area contributed by atoms with Gasteiger partial charge in [0.2, 0.25) is 0 Å². The Kier molecular flexibility index (Phi) is 6.34. The number of benzene rings is 6. The standard InChI is InChI=1S/C48H40N2/c1-46-28-13-14-29-47(46,2)50(45-38-20-10-9-15-33(38)27-30-49-45)44-26-24-35(32-43(44)46)34-23-25-42-40(31-34)39-21-11-12-22-41(39)48(42,36-16-5-3-6-17-36)37-18-7-4-8-19-37/h3-12,15-27,30-32H,13-14,28-29H2,1-2H3. The van der Waals surface area contributed by atoms with E-state index < -0.39 is 0 Å². The second kappa shape index (κ2) is 10.8. The van der Waals surface area contributed by atoms with E-state index in [0.717, 1.165) is 12.2 Å². The number of nitrogens with zero attached hydrogens (tertiary/aromatic N) is 2. The van der Waals surface area contributed by atoms with Crippen molar-refractivity contribution in [2.75, 3.05) is 4.90 Å². The van der Waals surface area contributed by atoms with E-state index in [0.29, 0.717) is 0 Å². The van der Waals surface area contributed by atoms with Crippen LogP contribution in [0.2, 0.25) is 0 Å². The van der Waals surface area contributed by atoms with Gasteiger partial charge in [0, 0.05) is 22.7 Å². The normalized spacial score (nSPS) is 21.4. The molecule has 1 saturated carbocycles. The van der Waals surface area contributed by atoms with Crippen LogP contribution in [0.1, 0.15) is 67.3 Å². The number of anilines is 2. The van der Waals surface area contributed by atoms with Crippen LogP contribution in [0.15, 0.2) is 158 Å². The number of hydrogen-bond acceptors (Lipinski definition) is 2. The van der Waals surface area contributed by atoms with E-state index in [1.807, 2.05) is 6.20 Å². The quantitative estimate of drug-likeness (QED) is 0.189. The molecule has 1 fully saturated rings. The van der Waals surface area contributed by atoms with Gasteiger partial charge in [-0.05, 0) is 99.5 Å². The average molecular weight is 645 g/mol. The Labute approximate surface area is 295 Å². The van der Waals surface area contributed by atoms with Gasteiger partial charge >= 0.3 is 0 Å². The van der Waals surface area contributed by atoms with Crippen LogP contribution in [0, 0.1) is 0 Å². The van der Waals surface area contributed by atoms with Gasteiger partial charge in [-0.1, -0.05) is 147 Å². The Morgan fingerprint density at radius 2 is 1.18 bits per heavy atom. The van der Waals surface area contributed by atoms with Gasteiger partial charge in [-0.25, -0.2) is 4.98 Å². The summed E-state index contributed by atoms with van der Waals surface area (Å²) in [7, 11) is 0. The summed E-state index contributed by atoms with van der Waals surface area (Å²) in [6, 6.07) is 56.6. The minimum Gasteiger partial charge on any atom is -0.319 e. The van der Waals surface area contributed by atoms with Crippen molar-refractivity contribution in [1.29, 1.82) is 0 Å². The van der Waals surface area contributed by atoms with Crippen LogP contribution in [0.4, 0.5) is 11.5 Å². The lowest BCUT2D eigenvalue weighted by Crippen LogP contribution is -2.54. The van der Waals surface area contributed by atoms with Crippen LogP contribution >= 0.6 is 0 Å². The minimum atomic E-state index is -0.381. The third kappa shape index (κ3) is 3.82. The number of hydrogen-bond donors (Lipinski definition) is 0. The highest BCUT2D eigenvalue weighted by atomic mass is 15.3. The molecule has 0 saturated heterocycles. The number of rotatable bonds is 4.